The highest BCUT2D eigenvalue weighted by Gasteiger charge is 2.33. The fourth-order valence-electron chi connectivity index (χ4n) is 2.58. The van der Waals surface area contributed by atoms with Crippen LogP contribution in [0.5, 0.6) is 0 Å². The number of hydrogen-bond acceptors (Lipinski definition) is 4. The summed E-state index contributed by atoms with van der Waals surface area (Å²) >= 11 is 1.40. The molecular formula is C19H16F3N3OS. The Balaban J connectivity index is 1.68. The summed E-state index contributed by atoms with van der Waals surface area (Å²) in [5.74, 6) is -0.296. The van der Waals surface area contributed by atoms with Gasteiger partial charge in [-0.15, -0.1) is 11.3 Å². The molecule has 3 aromatic rings. The van der Waals surface area contributed by atoms with Crippen molar-refractivity contribution in [2.75, 3.05) is 7.05 Å². The van der Waals surface area contributed by atoms with Crippen LogP contribution in [0.1, 0.15) is 16.8 Å². The van der Waals surface area contributed by atoms with E-state index < -0.39 is 11.7 Å². The highest BCUT2D eigenvalue weighted by atomic mass is 32.1. The van der Waals surface area contributed by atoms with E-state index in [1.165, 1.54) is 41.5 Å². The van der Waals surface area contributed by atoms with Crippen molar-refractivity contribution in [2.24, 2.45) is 0 Å². The summed E-state index contributed by atoms with van der Waals surface area (Å²) < 4.78 is 39.3. The van der Waals surface area contributed by atoms with Crippen LogP contribution >= 0.6 is 11.3 Å². The number of aromatic nitrogens is 2. The van der Waals surface area contributed by atoms with E-state index in [0.717, 1.165) is 16.6 Å². The number of thiazole rings is 1. The van der Waals surface area contributed by atoms with E-state index in [1.54, 1.807) is 23.8 Å². The molecule has 8 heteroatoms. The minimum absolute atomic E-state index is 0.0292. The monoisotopic (exact) mass is 391 g/mol. The third-order valence-electron chi connectivity index (χ3n) is 3.95. The van der Waals surface area contributed by atoms with Crippen molar-refractivity contribution in [2.45, 2.75) is 19.1 Å². The van der Waals surface area contributed by atoms with Crippen LogP contribution in [0.25, 0.3) is 10.6 Å². The molecule has 0 radical (unpaired) electrons. The van der Waals surface area contributed by atoms with Gasteiger partial charge in [0, 0.05) is 36.9 Å². The van der Waals surface area contributed by atoms with Crippen molar-refractivity contribution in [3.05, 3.63) is 71.0 Å². The molecule has 0 bridgehead atoms. The summed E-state index contributed by atoms with van der Waals surface area (Å²) in [6.07, 6.45) is -1.07. The molecule has 0 aliphatic carbocycles. The number of hydrogen-bond donors (Lipinski definition) is 0. The minimum atomic E-state index is -4.45. The average Bonchev–Trinajstić information content (AvgIpc) is 3.10. The quantitative estimate of drug-likeness (QED) is 0.647. The maximum Gasteiger partial charge on any atom is 0.416 e. The number of rotatable bonds is 5. The summed E-state index contributed by atoms with van der Waals surface area (Å²) in [6, 6.07) is 8.95. The lowest BCUT2D eigenvalue weighted by atomic mass is 10.1. The van der Waals surface area contributed by atoms with Gasteiger partial charge in [0.15, 0.2) is 0 Å². The molecule has 0 spiro atoms. The Morgan fingerprint density at radius 2 is 1.96 bits per heavy atom. The second kappa shape index (κ2) is 7.87. The normalized spacial score (nSPS) is 11.4. The van der Waals surface area contributed by atoms with Crippen LogP contribution in [0.3, 0.4) is 0 Å². The topological polar surface area (TPSA) is 46.1 Å². The van der Waals surface area contributed by atoms with Gasteiger partial charge in [0.05, 0.1) is 17.7 Å². The van der Waals surface area contributed by atoms with Crippen molar-refractivity contribution in [3.63, 3.8) is 0 Å². The van der Waals surface area contributed by atoms with Crippen LogP contribution in [0, 0.1) is 0 Å². The third-order valence-corrected chi connectivity index (χ3v) is 4.89. The van der Waals surface area contributed by atoms with E-state index in [1.807, 2.05) is 6.07 Å². The van der Waals surface area contributed by atoms with Gasteiger partial charge < -0.3 is 4.90 Å². The van der Waals surface area contributed by atoms with Gasteiger partial charge in [0.1, 0.15) is 5.01 Å². The van der Waals surface area contributed by atoms with E-state index >= 15 is 0 Å². The molecule has 1 aromatic carbocycles. The smallest absolute Gasteiger partial charge is 0.341 e. The van der Waals surface area contributed by atoms with Gasteiger partial charge in [0.2, 0.25) is 5.91 Å². The highest BCUT2D eigenvalue weighted by molar-refractivity contribution is 7.13. The predicted octanol–water partition coefficient (Wildman–Crippen LogP) is 4.43. The van der Waals surface area contributed by atoms with E-state index in [4.69, 9.17) is 0 Å². The van der Waals surface area contributed by atoms with E-state index in [2.05, 4.69) is 9.97 Å². The van der Waals surface area contributed by atoms with Crippen molar-refractivity contribution < 1.29 is 18.0 Å². The Morgan fingerprint density at radius 1 is 1.19 bits per heavy atom. The number of nitrogens with zero attached hydrogens (tertiary/aromatic N) is 3. The molecule has 0 aliphatic heterocycles. The molecule has 1 amide bonds. The molecule has 3 rings (SSSR count). The molecule has 0 N–H and O–H groups in total. The SMILES string of the molecule is CN(Cc1ccccc1C(F)(F)F)C(=O)Cc1csc(-c2cccnc2)n1. The molecule has 0 saturated heterocycles. The number of halogens is 3. The highest BCUT2D eigenvalue weighted by Crippen LogP contribution is 2.32. The van der Waals surface area contributed by atoms with Gasteiger partial charge in [-0.2, -0.15) is 13.2 Å². The lowest BCUT2D eigenvalue weighted by molar-refractivity contribution is -0.139. The van der Waals surface area contributed by atoms with Crippen LogP contribution in [0.2, 0.25) is 0 Å². The summed E-state index contributed by atoms with van der Waals surface area (Å²) in [5, 5.41) is 2.52. The number of amides is 1. The predicted molar refractivity (Wildman–Crippen MR) is 97.0 cm³/mol. The van der Waals surface area contributed by atoms with Crippen LogP contribution in [-0.4, -0.2) is 27.8 Å². The number of pyridine rings is 1. The molecule has 27 heavy (non-hydrogen) atoms. The number of alkyl halides is 3. The maximum atomic E-state index is 13.1. The van der Waals surface area contributed by atoms with Crippen LogP contribution < -0.4 is 0 Å². The van der Waals surface area contributed by atoms with Crippen molar-refractivity contribution in [3.8, 4) is 10.6 Å². The van der Waals surface area contributed by atoms with Crippen LogP contribution in [-0.2, 0) is 23.9 Å². The Labute approximate surface area is 158 Å². The fourth-order valence-corrected chi connectivity index (χ4v) is 3.39. The van der Waals surface area contributed by atoms with Crippen molar-refractivity contribution >= 4 is 17.2 Å². The Bertz CT molecular complexity index is 925. The molecule has 140 valence electrons. The number of carbonyl (C=O) groups is 1. The Kier molecular flexibility index (Phi) is 5.55. The zero-order chi connectivity index (χ0) is 19.4. The second-order valence-corrected chi connectivity index (χ2v) is 6.83. The first-order valence-corrected chi connectivity index (χ1v) is 8.96. The van der Waals surface area contributed by atoms with E-state index in [-0.39, 0.29) is 24.4 Å². The largest absolute Gasteiger partial charge is 0.416 e. The summed E-state index contributed by atoms with van der Waals surface area (Å²) in [5.41, 5.74) is 0.779. The van der Waals surface area contributed by atoms with Crippen molar-refractivity contribution in [1.29, 1.82) is 0 Å². The van der Waals surface area contributed by atoms with Gasteiger partial charge in [-0.25, -0.2) is 4.98 Å². The minimum Gasteiger partial charge on any atom is -0.341 e. The standard InChI is InChI=1S/C19H16F3N3OS/c1-25(11-14-5-2-3-7-16(14)19(20,21)22)17(26)9-15-12-27-18(24-15)13-6-4-8-23-10-13/h2-8,10,12H,9,11H2,1H3. The van der Waals surface area contributed by atoms with Gasteiger partial charge in [-0.1, -0.05) is 18.2 Å². The number of likely N-dealkylation sites (N-methyl/N-ethyl adjacent to an activating group) is 1. The Hall–Kier alpha value is -2.74. The second-order valence-electron chi connectivity index (χ2n) is 5.97. The molecule has 0 saturated carbocycles. The number of benzene rings is 1. The van der Waals surface area contributed by atoms with Crippen LogP contribution in [0.15, 0.2) is 54.2 Å². The molecule has 4 nitrogen and oxygen atoms in total. The van der Waals surface area contributed by atoms with E-state index in [0.29, 0.717) is 5.69 Å². The first-order chi connectivity index (χ1) is 12.8. The lowest BCUT2D eigenvalue weighted by Gasteiger charge is -2.20. The Morgan fingerprint density at radius 3 is 2.67 bits per heavy atom. The molecule has 2 aromatic heterocycles. The summed E-state index contributed by atoms with van der Waals surface area (Å²) in [7, 11) is 1.49. The molecule has 0 atom stereocenters. The van der Waals surface area contributed by atoms with Gasteiger partial charge in [-0.3, -0.25) is 9.78 Å². The van der Waals surface area contributed by atoms with Crippen molar-refractivity contribution in [1.82, 2.24) is 14.9 Å². The zero-order valence-corrected chi connectivity index (χ0v) is 15.2. The maximum absolute atomic E-state index is 13.1. The molecule has 0 fully saturated rings. The first-order valence-electron chi connectivity index (χ1n) is 8.08. The molecule has 0 aliphatic rings. The third kappa shape index (κ3) is 4.71. The summed E-state index contributed by atoms with van der Waals surface area (Å²) in [6.45, 7) is -0.117. The zero-order valence-electron chi connectivity index (χ0n) is 14.4. The average molecular weight is 391 g/mol. The van der Waals surface area contributed by atoms with Gasteiger partial charge in [-0.05, 0) is 23.8 Å². The lowest BCUT2D eigenvalue weighted by Crippen LogP contribution is -2.29. The van der Waals surface area contributed by atoms with E-state index in [9.17, 15) is 18.0 Å². The van der Waals surface area contributed by atoms with Crippen LogP contribution in [0.4, 0.5) is 13.2 Å². The number of carbonyl (C=O) groups excluding carboxylic acids is 1. The molecular weight excluding hydrogens is 375 g/mol. The molecule has 2 heterocycles. The van der Waals surface area contributed by atoms with Gasteiger partial charge in [0.25, 0.3) is 0 Å². The van der Waals surface area contributed by atoms with Gasteiger partial charge >= 0.3 is 6.18 Å². The summed E-state index contributed by atoms with van der Waals surface area (Å²) in [4.78, 5) is 22.2. The fraction of sp³-hybridized carbons (Fsp3) is 0.211. The first kappa shape index (κ1) is 19.0. The molecule has 0 unspecified atom stereocenters.